The molecule has 2 aromatic carbocycles. The normalized spacial score (nSPS) is 35.6. The fourth-order valence-corrected chi connectivity index (χ4v) is 6.49. The Hall–Kier alpha value is -3.67. The number of nitrogens with one attached hydrogen (secondary N) is 1. The lowest BCUT2D eigenvalue weighted by atomic mass is 9.94. The maximum Gasteiger partial charge on any atom is 0.303 e. The standard InChI is InChI=1S/C34H41NO14/c1-17(36)35-25-28(26-23(45-33(25)40-5)15-42-32(47-26)21-11-13-22(39-4)14-12-21)49-34-30(44-19(3)38)29(43-18(2)37)27-24(46-34)16-41-31(48-27)20-9-7-6-8-10-20/h6-14,23-34H,15-16H2,1-5H3,(H,35,36)/t23-,24-,25-,26+,27+,28-,29+,30-,31+,32+,33+,34+/m1/s1. The molecule has 4 aliphatic heterocycles. The summed E-state index contributed by atoms with van der Waals surface area (Å²) in [6.45, 7) is 3.94. The molecular weight excluding hydrogens is 646 g/mol. The van der Waals surface area contributed by atoms with Crippen LogP contribution in [0.25, 0.3) is 0 Å². The number of hydrogen-bond acceptors (Lipinski definition) is 14. The molecular formula is C34H41NO14. The first-order chi connectivity index (χ1) is 23.6. The highest BCUT2D eigenvalue weighted by Gasteiger charge is 2.58. The van der Waals surface area contributed by atoms with Gasteiger partial charge in [-0.2, -0.15) is 0 Å². The van der Waals surface area contributed by atoms with Crippen LogP contribution >= 0.6 is 0 Å². The van der Waals surface area contributed by atoms with E-state index in [2.05, 4.69) is 5.32 Å². The number of carbonyl (C=O) groups excluding carboxylic acids is 3. The van der Waals surface area contributed by atoms with E-state index in [0.717, 1.165) is 5.56 Å². The first kappa shape index (κ1) is 35.2. The van der Waals surface area contributed by atoms with Crippen LogP contribution in [0.1, 0.15) is 44.5 Å². The molecule has 0 radical (unpaired) electrons. The van der Waals surface area contributed by atoms with Crippen molar-refractivity contribution in [3.05, 3.63) is 65.7 Å². The van der Waals surface area contributed by atoms with E-state index in [-0.39, 0.29) is 19.1 Å². The van der Waals surface area contributed by atoms with Crippen molar-refractivity contribution in [3.8, 4) is 5.75 Å². The molecule has 266 valence electrons. The molecule has 4 heterocycles. The van der Waals surface area contributed by atoms with Crippen molar-refractivity contribution >= 4 is 17.8 Å². The van der Waals surface area contributed by atoms with Crippen molar-refractivity contribution in [1.29, 1.82) is 0 Å². The average Bonchev–Trinajstić information content (AvgIpc) is 3.10. The van der Waals surface area contributed by atoms with Gasteiger partial charge in [-0.3, -0.25) is 14.4 Å². The van der Waals surface area contributed by atoms with E-state index in [1.807, 2.05) is 42.5 Å². The lowest BCUT2D eigenvalue weighted by Gasteiger charge is -2.52. The molecule has 15 heteroatoms. The first-order valence-electron chi connectivity index (χ1n) is 16.0. The summed E-state index contributed by atoms with van der Waals surface area (Å²) in [5.41, 5.74) is 1.45. The SMILES string of the molecule is COc1ccc([C@H]2OC[C@H]3O[C@H](OC)[C@H](NC(C)=O)[C@@H](O[C@@H]4O[C@@H]5CO[C@H](c6ccccc6)O[C@@H]5[C@H](OC(C)=O)[C@H]4OC(C)=O)[C@H]3O2)cc1. The van der Waals surface area contributed by atoms with Crippen LogP contribution in [0.5, 0.6) is 5.75 Å². The monoisotopic (exact) mass is 687 g/mol. The van der Waals surface area contributed by atoms with Crippen LogP contribution < -0.4 is 10.1 Å². The third-order valence-electron chi connectivity index (χ3n) is 8.58. The second kappa shape index (κ2) is 15.5. The van der Waals surface area contributed by atoms with E-state index in [4.69, 9.17) is 52.1 Å². The van der Waals surface area contributed by atoms with Crippen molar-refractivity contribution < 1.29 is 66.5 Å². The number of rotatable bonds is 9. The summed E-state index contributed by atoms with van der Waals surface area (Å²) in [5, 5.41) is 2.86. The zero-order valence-electron chi connectivity index (χ0n) is 27.8. The Kier molecular flexibility index (Phi) is 11.1. The van der Waals surface area contributed by atoms with Gasteiger partial charge in [-0.25, -0.2) is 0 Å². The van der Waals surface area contributed by atoms with Crippen LogP contribution in [0, 0.1) is 0 Å². The Morgan fingerprint density at radius 3 is 1.78 bits per heavy atom. The van der Waals surface area contributed by atoms with Gasteiger partial charge in [-0.15, -0.1) is 0 Å². The van der Waals surface area contributed by atoms with E-state index in [1.165, 1.54) is 27.9 Å². The summed E-state index contributed by atoms with van der Waals surface area (Å²) < 4.78 is 66.5. The van der Waals surface area contributed by atoms with Gasteiger partial charge >= 0.3 is 11.9 Å². The van der Waals surface area contributed by atoms with E-state index >= 15 is 0 Å². The summed E-state index contributed by atoms with van der Waals surface area (Å²) in [4.78, 5) is 37.5. The molecule has 6 rings (SSSR count). The Balaban J connectivity index is 1.32. The van der Waals surface area contributed by atoms with Crippen LogP contribution in [-0.2, 0) is 61.8 Å². The summed E-state index contributed by atoms with van der Waals surface area (Å²) in [7, 11) is 3.00. The highest BCUT2D eigenvalue weighted by atomic mass is 16.8. The number of esters is 2. The van der Waals surface area contributed by atoms with Gasteiger partial charge < -0.3 is 57.4 Å². The van der Waals surface area contributed by atoms with Crippen molar-refractivity contribution in [1.82, 2.24) is 5.32 Å². The minimum atomic E-state index is -1.35. The fourth-order valence-electron chi connectivity index (χ4n) is 6.49. The highest BCUT2D eigenvalue weighted by molar-refractivity contribution is 5.73. The van der Waals surface area contributed by atoms with Gasteiger partial charge in [0.25, 0.3) is 0 Å². The van der Waals surface area contributed by atoms with Gasteiger partial charge in [0.05, 0.1) is 20.3 Å². The molecule has 0 saturated carbocycles. The van der Waals surface area contributed by atoms with Gasteiger partial charge in [-0.05, 0) is 12.1 Å². The molecule has 4 saturated heterocycles. The summed E-state index contributed by atoms with van der Waals surface area (Å²) >= 11 is 0. The number of carbonyl (C=O) groups is 3. The molecule has 4 aliphatic rings. The quantitative estimate of drug-likeness (QED) is 0.381. The zero-order valence-corrected chi connectivity index (χ0v) is 27.8. The molecule has 2 aromatic rings. The van der Waals surface area contributed by atoms with Gasteiger partial charge in [-0.1, -0.05) is 42.5 Å². The minimum absolute atomic E-state index is 0.0359. The Labute approximate surface area is 283 Å². The first-order valence-corrected chi connectivity index (χ1v) is 16.0. The molecule has 0 spiro atoms. The minimum Gasteiger partial charge on any atom is -0.497 e. The molecule has 4 fully saturated rings. The lowest BCUT2D eigenvalue weighted by molar-refractivity contribution is -0.393. The lowest BCUT2D eigenvalue weighted by Crippen LogP contribution is -2.70. The van der Waals surface area contributed by atoms with E-state index in [9.17, 15) is 14.4 Å². The summed E-state index contributed by atoms with van der Waals surface area (Å²) in [5.74, 6) is -1.04. The predicted octanol–water partition coefficient (Wildman–Crippen LogP) is 2.07. The Morgan fingerprint density at radius 1 is 0.673 bits per heavy atom. The van der Waals surface area contributed by atoms with E-state index in [0.29, 0.717) is 11.3 Å². The third kappa shape index (κ3) is 7.89. The Bertz CT molecular complexity index is 1440. The van der Waals surface area contributed by atoms with Gasteiger partial charge in [0.15, 0.2) is 37.4 Å². The van der Waals surface area contributed by atoms with E-state index < -0.39 is 85.9 Å². The molecule has 0 aliphatic carbocycles. The number of benzene rings is 2. The molecule has 15 nitrogen and oxygen atoms in total. The van der Waals surface area contributed by atoms with Crippen LogP contribution in [-0.4, -0.2) is 107 Å². The molecule has 49 heavy (non-hydrogen) atoms. The maximum atomic E-state index is 12.5. The average molecular weight is 688 g/mol. The number of amides is 1. The molecule has 12 atom stereocenters. The second-order valence-corrected chi connectivity index (χ2v) is 12.0. The number of ether oxygens (including phenoxy) is 11. The third-order valence-corrected chi connectivity index (χ3v) is 8.58. The topological polar surface area (TPSA) is 165 Å². The van der Waals surface area contributed by atoms with E-state index in [1.54, 1.807) is 19.2 Å². The van der Waals surface area contributed by atoms with Gasteiger partial charge in [0.2, 0.25) is 5.91 Å². The number of fused-ring (bicyclic) bond motifs is 2. The Morgan fingerprint density at radius 2 is 1.22 bits per heavy atom. The van der Waals surface area contributed by atoms with Crippen LogP contribution in [0.15, 0.2) is 54.6 Å². The fraction of sp³-hybridized carbons (Fsp3) is 0.559. The van der Waals surface area contributed by atoms with Crippen molar-refractivity contribution in [2.45, 2.75) is 94.7 Å². The smallest absolute Gasteiger partial charge is 0.303 e. The van der Waals surface area contributed by atoms with Crippen molar-refractivity contribution in [2.75, 3.05) is 27.4 Å². The molecule has 0 bridgehead atoms. The van der Waals surface area contributed by atoms with Gasteiger partial charge in [0.1, 0.15) is 42.3 Å². The number of hydrogen-bond donors (Lipinski definition) is 1. The molecule has 1 amide bonds. The largest absolute Gasteiger partial charge is 0.497 e. The second-order valence-electron chi connectivity index (χ2n) is 12.0. The number of methoxy groups -OCH3 is 2. The van der Waals surface area contributed by atoms with Gasteiger partial charge in [0, 0.05) is 39.0 Å². The molecule has 0 aromatic heterocycles. The predicted molar refractivity (Wildman–Crippen MR) is 164 cm³/mol. The summed E-state index contributed by atoms with van der Waals surface area (Å²) in [6.07, 6.45) is -10.7. The highest BCUT2D eigenvalue weighted by Crippen LogP contribution is 2.40. The van der Waals surface area contributed by atoms with Crippen molar-refractivity contribution in [3.63, 3.8) is 0 Å². The van der Waals surface area contributed by atoms with Crippen LogP contribution in [0.3, 0.4) is 0 Å². The summed E-state index contributed by atoms with van der Waals surface area (Å²) in [6, 6.07) is 15.5. The van der Waals surface area contributed by atoms with Crippen molar-refractivity contribution in [2.24, 2.45) is 0 Å². The van der Waals surface area contributed by atoms with Crippen LogP contribution in [0.2, 0.25) is 0 Å². The molecule has 0 unspecified atom stereocenters. The van der Waals surface area contributed by atoms with Crippen LogP contribution in [0.4, 0.5) is 0 Å². The maximum absolute atomic E-state index is 12.5. The molecule has 1 N–H and O–H groups in total. The zero-order chi connectivity index (χ0) is 34.7.